The van der Waals surface area contributed by atoms with Crippen LogP contribution in [0.1, 0.15) is 20.3 Å². The van der Waals surface area contributed by atoms with Crippen LogP contribution in [0, 0.1) is 0 Å². The Morgan fingerprint density at radius 2 is 2.22 bits per heavy atom. The highest BCUT2D eigenvalue weighted by molar-refractivity contribution is 9.11. The van der Waals surface area contributed by atoms with Crippen molar-refractivity contribution in [3.05, 3.63) is 21.2 Å². The van der Waals surface area contributed by atoms with E-state index in [1.807, 2.05) is 6.07 Å². The Labute approximate surface area is 123 Å². The maximum absolute atomic E-state index is 8.56. The number of nitrogens with zero attached hydrogens (tertiary/aromatic N) is 3. The fourth-order valence-corrected chi connectivity index (χ4v) is 2.73. The molecule has 0 bridgehead atoms. The number of oxime groups is 1. The van der Waals surface area contributed by atoms with Crippen LogP contribution in [0.3, 0.4) is 0 Å². The average Bonchev–Trinajstić information content (AvgIpc) is 2.31. The van der Waals surface area contributed by atoms with Crippen molar-refractivity contribution in [2.45, 2.75) is 26.3 Å². The molecule has 0 saturated heterocycles. The van der Waals surface area contributed by atoms with Gasteiger partial charge in [-0.3, -0.25) is 0 Å². The molecule has 0 radical (unpaired) electrons. The number of nitrogens with two attached hydrogens (primary N) is 1. The lowest BCUT2D eigenvalue weighted by molar-refractivity contribution is 0.317. The summed E-state index contributed by atoms with van der Waals surface area (Å²) in [5, 5.41) is 11.5. The smallest absolute Gasteiger partial charge is 0.143 e. The Hall–Kier alpha value is -0.820. The second-order valence-electron chi connectivity index (χ2n) is 4.09. The Kier molecular flexibility index (Phi) is 5.87. The van der Waals surface area contributed by atoms with Gasteiger partial charge in [0, 0.05) is 29.7 Å². The largest absolute Gasteiger partial charge is 0.409 e. The van der Waals surface area contributed by atoms with Crippen molar-refractivity contribution in [1.29, 1.82) is 0 Å². The van der Waals surface area contributed by atoms with Gasteiger partial charge in [-0.15, -0.1) is 0 Å². The average molecular weight is 380 g/mol. The van der Waals surface area contributed by atoms with E-state index < -0.39 is 0 Å². The van der Waals surface area contributed by atoms with Crippen molar-refractivity contribution >= 4 is 43.5 Å². The first-order chi connectivity index (χ1) is 8.45. The van der Waals surface area contributed by atoms with E-state index in [2.05, 4.69) is 60.7 Å². The topological polar surface area (TPSA) is 74.7 Å². The number of halogens is 2. The number of pyridine rings is 1. The predicted octanol–water partition coefficient (Wildman–Crippen LogP) is 2.96. The standard InChI is InChI=1S/C11H16Br2N4O/c1-7(2)17(4-3-10(14)16-18)11-9(13)5-8(12)6-15-11/h5-7,18H,3-4H2,1-2H3,(H2,14,16). The van der Waals surface area contributed by atoms with Crippen molar-refractivity contribution in [1.82, 2.24) is 4.98 Å². The Balaban J connectivity index is 2.91. The highest BCUT2D eigenvalue weighted by Gasteiger charge is 2.15. The third kappa shape index (κ3) is 4.13. The van der Waals surface area contributed by atoms with Gasteiger partial charge in [0.1, 0.15) is 11.7 Å². The van der Waals surface area contributed by atoms with Crippen LogP contribution in [-0.4, -0.2) is 28.6 Å². The molecule has 7 heteroatoms. The van der Waals surface area contributed by atoms with Gasteiger partial charge < -0.3 is 15.8 Å². The highest BCUT2D eigenvalue weighted by Crippen LogP contribution is 2.28. The van der Waals surface area contributed by atoms with Gasteiger partial charge in [0.05, 0.1) is 4.47 Å². The highest BCUT2D eigenvalue weighted by atomic mass is 79.9. The van der Waals surface area contributed by atoms with Crippen molar-refractivity contribution in [2.75, 3.05) is 11.4 Å². The normalized spacial score (nSPS) is 11.9. The molecule has 5 nitrogen and oxygen atoms in total. The zero-order valence-electron chi connectivity index (χ0n) is 10.3. The summed E-state index contributed by atoms with van der Waals surface area (Å²) >= 11 is 6.87. The first-order valence-corrected chi connectivity index (χ1v) is 7.08. The maximum atomic E-state index is 8.56. The lowest BCUT2D eigenvalue weighted by Gasteiger charge is -2.28. The number of anilines is 1. The molecule has 18 heavy (non-hydrogen) atoms. The van der Waals surface area contributed by atoms with E-state index in [0.29, 0.717) is 13.0 Å². The molecule has 0 aromatic carbocycles. The van der Waals surface area contributed by atoms with E-state index in [9.17, 15) is 0 Å². The van der Waals surface area contributed by atoms with Crippen LogP contribution in [0.4, 0.5) is 5.82 Å². The molecular formula is C11H16Br2N4O. The quantitative estimate of drug-likeness (QED) is 0.357. The van der Waals surface area contributed by atoms with Gasteiger partial charge in [0.2, 0.25) is 0 Å². The molecule has 0 amide bonds. The van der Waals surface area contributed by atoms with Crippen LogP contribution < -0.4 is 10.6 Å². The van der Waals surface area contributed by atoms with Crippen molar-refractivity contribution < 1.29 is 5.21 Å². The summed E-state index contributed by atoms with van der Waals surface area (Å²) < 4.78 is 1.82. The SMILES string of the molecule is CC(C)N(CCC(N)=NO)c1ncc(Br)cc1Br. The molecule has 3 N–H and O–H groups in total. The lowest BCUT2D eigenvalue weighted by Crippen LogP contribution is -2.35. The molecular weight excluding hydrogens is 364 g/mol. The summed E-state index contributed by atoms with van der Waals surface area (Å²) in [5.74, 6) is 1.06. The van der Waals surface area contributed by atoms with Gasteiger partial charge >= 0.3 is 0 Å². The van der Waals surface area contributed by atoms with Crippen LogP contribution in [0.5, 0.6) is 0 Å². The number of hydrogen-bond acceptors (Lipinski definition) is 4. The molecule has 0 aliphatic carbocycles. The van der Waals surface area contributed by atoms with Crippen molar-refractivity contribution in [3.8, 4) is 0 Å². The molecule has 0 saturated carbocycles. The third-order valence-corrected chi connectivity index (χ3v) is 3.44. The predicted molar refractivity (Wildman–Crippen MR) is 80.1 cm³/mol. The number of hydrogen-bond donors (Lipinski definition) is 2. The second kappa shape index (κ2) is 6.94. The molecule has 1 rings (SSSR count). The van der Waals surface area contributed by atoms with Crippen LogP contribution in [0.25, 0.3) is 0 Å². The summed E-state index contributed by atoms with van der Waals surface area (Å²) in [6.07, 6.45) is 2.23. The van der Waals surface area contributed by atoms with Gasteiger partial charge in [0.25, 0.3) is 0 Å². The first-order valence-electron chi connectivity index (χ1n) is 5.49. The Morgan fingerprint density at radius 1 is 1.56 bits per heavy atom. The molecule has 0 spiro atoms. The first kappa shape index (κ1) is 15.2. The Morgan fingerprint density at radius 3 is 2.72 bits per heavy atom. The molecule has 0 unspecified atom stereocenters. The van der Waals surface area contributed by atoms with Gasteiger partial charge in [-0.1, -0.05) is 5.16 Å². The number of rotatable bonds is 5. The molecule has 1 aromatic heterocycles. The fourth-order valence-electron chi connectivity index (χ4n) is 1.51. The summed E-state index contributed by atoms with van der Waals surface area (Å²) in [7, 11) is 0. The number of aromatic nitrogens is 1. The van der Waals surface area contributed by atoms with Gasteiger partial charge in [-0.2, -0.15) is 0 Å². The fraction of sp³-hybridized carbons (Fsp3) is 0.455. The molecule has 1 heterocycles. The lowest BCUT2D eigenvalue weighted by atomic mass is 10.2. The minimum Gasteiger partial charge on any atom is -0.409 e. The van der Waals surface area contributed by atoms with E-state index in [-0.39, 0.29) is 11.9 Å². The van der Waals surface area contributed by atoms with Crippen LogP contribution in [-0.2, 0) is 0 Å². The second-order valence-corrected chi connectivity index (χ2v) is 5.86. The van der Waals surface area contributed by atoms with E-state index >= 15 is 0 Å². The van der Waals surface area contributed by atoms with Crippen molar-refractivity contribution in [2.24, 2.45) is 10.9 Å². The Bertz CT molecular complexity index is 437. The molecule has 0 atom stereocenters. The molecule has 100 valence electrons. The van der Waals surface area contributed by atoms with E-state index in [4.69, 9.17) is 10.9 Å². The summed E-state index contributed by atoms with van der Waals surface area (Å²) in [6.45, 7) is 4.78. The molecule has 0 aliphatic heterocycles. The monoisotopic (exact) mass is 378 g/mol. The zero-order chi connectivity index (χ0) is 13.7. The summed E-state index contributed by atoms with van der Waals surface area (Å²) in [4.78, 5) is 6.48. The number of amidine groups is 1. The minimum absolute atomic E-state index is 0.217. The molecule has 0 aliphatic rings. The molecule has 1 aromatic rings. The van der Waals surface area contributed by atoms with Crippen LogP contribution in [0.15, 0.2) is 26.4 Å². The van der Waals surface area contributed by atoms with Gasteiger partial charge in [-0.25, -0.2) is 4.98 Å². The van der Waals surface area contributed by atoms with E-state index in [1.54, 1.807) is 6.20 Å². The van der Waals surface area contributed by atoms with Gasteiger partial charge in [0.15, 0.2) is 0 Å². The van der Waals surface area contributed by atoms with E-state index in [1.165, 1.54) is 0 Å². The zero-order valence-corrected chi connectivity index (χ0v) is 13.4. The van der Waals surface area contributed by atoms with Crippen LogP contribution in [0.2, 0.25) is 0 Å². The van der Waals surface area contributed by atoms with Crippen LogP contribution >= 0.6 is 31.9 Å². The van der Waals surface area contributed by atoms with Gasteiger partial charge in [-0.05, 0) is 51.8 Å². The third-order valence-electron chi connectivity index (χ3n) is 2.42. The summed E-state index contributed by atoms with van der Waals surface area (Å²) in [5.41, 5.74) is 5.50. The maximum Gasteiger partial charge on any atom is 0.143 e. The minimum atomic E-state index is 0.217. The molecule has 0 fully saturated rings. The van der Waals surface area contributed by atoms with E-state index in [0.717, 1.165) is 14.8 Å². The summed E-state index contributed by atoms with van der Waals surface area (Å²) in [6, 6.07) is 2.21. The van der Waals surface area contributed by atoms with Crippen molar-refractivity contribution in [3.63, 3.8) is 0 Å².